The number of aromatic amines is 1. The fraction of sp³-hybridized carbons (Fsp3) is 0.467. The highest BCUT2D eigenvalue weighted by Crippen LogP contribution is 2.33. The Morgan fingerprint density at radius 3 is 3.11 bits per heavy atom. The summed E-state index contributed by atoms with van der Waals surface area (Å²) in [6, 6.07) is 6.31. The summed E-state index contributed by atoms with van der Waals surface area (Å²) in [6.07, 6.45) is 3.61. The molecule has 0 saturated carbocycles. The van der Waals surface area contributed by atoms with Crippen LogP contribution in [0.15, 0.2) is 18.2 Å². The van der Waals surface area contributed by atoms with Crippen molar-refractivity contribution < 1.29 is 4.74 Å². The first-order chi connectivity index (χ1) is 8.81. The Labute approximate surface area is 108 Å². The smallest absolute Gasteiger partial charge is 0.119 e. The first-order valence-electron chi connectivity index (χ1n) is 6.64. The summed E-state index contributed by atoms with van der Waals surface area (Å²) >= 11 is 0. The van der Waals surface area contributed by atoms with Crippen LogP contribution in [0.25, 0.3) is 10.9 Å². The highest BCUT2D eigenvalue weighted by Gasteiger charge is 2.22. The number of methoxy groups -OCH3 is 1. The van der Waals surface area contributed by atoms with Crippen LogP contribution in [-0.2, 0) is 12.8 Å². The van der Waals surface area contributed by atoms with E-state index in [0.29, 0.717) is 0 Å². The largest absolute Gasteiger partial charge is 0.497 e. The van der Waals surface area contributed by atoms with Gasteiger partial charge in [-0.1, -0.05) is 0 Å². The molecule has 96 valence electrons. The third-order valence-electron chi connectivity index (χ3n) is 3.99. The van der Waals surface area contributed by atoms with Gasteiger partial charge in [0.2, 0.25) is 0 Å². The normalized spacial score (nSPS) is 18.9. The second kappa shape index (κ2) is 4.65. The minimum atomic E-state index is 0.757. The summed E-state index contributed by atoms with van der Waals surface area (Å²) in [7, 11) is 3.76. The van der Waals surface area contributed by atoms with Gasteiger partial charge in [-0.05, 0) is 62.5 Å². The Balaban J connectivity index is 2.02. The van der Waals surface area contributed by atoms with Crippen molar-refractivity contribution in [3.05, 3.63) is 29.5 Å². The van der Waals surface area contributed by atoms with Crippen LogP contribution in [0.4, 0.5) is 0 Å². The van der Waals surface area contributed by atoms with E-state index in [1.165, 1.54) is 41.4 Å². The highest BCUT2D eigenvalue weighted by molar-refractivity contribution is 5.86. The molecule has 3 rings (SSSR count). The molecule has 1 unspecified atom stereocenters. The third-order valence-corrected chi connectivity index (χ3v) is 3.99. The van der Waals surface area contributed by atoms with Gasteiger partial charge in [-0.25, -0.2) is 0 Å². The van der Waals surface area contributed by atoms with Crippen molar-refractivity contribution in [2.75, 3.05) is 20.7 Å². The molecule has 1 aromatic carbocycles. The molecule has 1 aliphatic rings. The van der Waals surface area contributed by atoms with Crippen molar-refractivity contribution in [2.45, 2.75) is 19.3 Å². The summed E-state index contributed by atoms with van der Waals surface area (Å²) in [5, 5.41) is 4.63. The molecular weight excluding hydrogens is 224 g/mol. The van der Waals surface area contributed by atoms with E-state index in [2.05, 4.69) is 22.4 Å². The van der Waals surface area contributed by atoms with Gasteiger partial charge in [0.25, 0.3) is 0 Å². The lowest BCUT2D eigenvalue weighted by molar-refractivity contribution is 0.415. The van der Waals surface area contributed by atoms with Gasteiger partial charge < -0.3 is 15.0 Å². The maximum atomic E-state index is 5.33. The van der Waals surface area contributed by atoms with E-state index >= 15 is 0 Å². The second-order valence-corrected chi connectivity index (χ2v) is 5.16. The summed E-state index contributed by atoms with van der Waals surface area (Å²) in [4.78, 5) is 3.55. The average molecular weight is 244 g/mol. The topological polar surface area (TPSA) is 37.0 Å². The van der Waals surface area contributed by atoms with Crippen LogP contribution < -0.4 is 10.1 Å². The van der Waals surface area contributed by atoms with Gasteiger partial charge in [-0.2, -0.15) is 0 Å². The number of benzene rings is 1. The molecule has 1 atom stereocenters. The number of aryl methyl sites for hydroxylation is 1. The molecule has 0 fully saturated rings. The fourth-order valence-electron chi connectivity index (χ4n) is 3.06. The van der Waals surface area contributed by atoms with Gasteiger partial charge >= 0.3 is 0 Å². The molecule has 1 heterocycles. The minimum Gasteiger partial charge on any atom is -0.497 e. The minimum absolute atomic E-state index is 0.757. The number of hydrogen-bond acceptors (Lipinski definition) is 2. The number of nitrogens with one attached hydrogen (secondary N) is 2. The molecular formula is C15H20N2O. The second-order valence-electron chi connectivity index (χ2n) is 5.16. The van der Waals surface area contributed by atoms with Crippen LogP contribution in [0.2, 0.25) is 0 Å². The monoisotopic (exact) mass is 244 g/mol. The first kappa shape index (κ1) is 11.6. The van der Waals surface area contributed by atoms with E-state index in [0.717, 1.165) is 18.2 Å². The predicted molar refractivity (Wildman–Crippen MR) is 74.3 cm³/mol. The molecule has 0 saturated heterocycles. The number of rotatable bonds is 3. The van der Waals surface area contributed by atoms with E-state index < -0.39 is 0 Å². The maximum Gasteiger partial charge on any atom is 0.119 e. The van der Waals surface area contributed by atoms with Gasteiger partial charge in [0.15, 0.2) is 0 Å². The Morgan fingerprint density at radius 1 is 1.44 bits per heavy atom. The maximum absolute atomic E-state index is 5.33. The van der Waals surface area contributed by atoms with E-state index in [-0.39, 0.29) is 0 Å². The van der Waals surface area contributed by atoms with Crippen molar-refractivity contribution in [2.24, 2.45) is 5.92 Å². The molecule has 0 amide bonds. The quantitative estimate of drug-likeness (QED) is 0.870. The fourth-order valence-corrected chi connectivity index (χ4v) is 3.06. The summed E-state index contributed by atoms with van der Waals surface area (Å²) < 4.78 is 5.33. The van der Waals surface area contributed by atoms with Crippen molar-refractivity contribution in [1.29, 1.82) is 0 Å². The van der Waals surface area contributed by atoms with Crippen LogP contribution in [0, 0.1) is 5.92 Å². The molecule has 0 radical (unpaired) electrons. The number of hydrogen-bond donors (Lipinski definition) is 2. The molecule has 2 aromatic rings. The Hall–Kier alpha value is -1.48. The zero-order chi connectivity index (χ0) is 12.5. The first-order valence-corrected chi connectivity index (χ1v) is 6.64. The number of fused-ring (bicyclic) bond motifs is 3. The van der Waals surface area contributed by atoms with Crippen molar-refractivity contribution in [1.82, 2.24) is 10.3 Å². The third kappa shape index (κ3) is 1.89. The summed E-state index contributed by atoms with van der Waals surface area (Å²) in [6.45, 7) is 1.11. The average Bonchev–Trinajstić information content (AvgIpc) is 2.76. The highest BCUT2D eigenvalue weighted by atomic mass is 16.5. The van der Waals surface area contributed by atoms with Gasteiger partial charge in [0.1, 0.15) is 5.75 Å². The van der Waals surface area contributed by atoms with Crippen LogP contribution >= 0.6 is 0 Å². The molecule has 18 heavy (non-hydrogen) atoms. The Kier molecular flexibility index (Phi) is 3.00. The van der Waals surface area contributed by atoms with Crippen molar-refractivity contribution in [3.8, 4) is 5.75 Å². The Morgan fingerprint density at radius 2 is 2.33 bits per heavy atom. The molecule has 3 nitrogen and oxygen atoms in total. The molecule has 3 heteroatoms. The molecule has 2 N–H and O–H groups in total. The zero-order valence-electron chi connectivity index (χ0n) is 11.0. The standard InChI is InChI=1S/C15H20N2O/c1-16-9-10-3-5-14-12(7-10)13-8-11(18-2)4-6-15(13)17-14/h4,6,8,10,16-17H,3,5,7,9H2,1-2H3. The number of aromatic nitrogens is 1. The van der Waals surface area contributed by atoms with E-state index in [1.54, 1.807) is 7.11 Å². The van der Waals surface area contributed by atoms with Gasteiger partial charge in [-0.3, -0.25) is 0 Å². The van der Waals surface area contributed by atoms with E-state index in [4.69, 9.17) is 4.74 Å². The van der Waals surface area contributed by atoms with Crippen LogP contribution in [-0.4, -0.2) is 25.7 Å². The zero-order valence-corrected chi connectivity index (χ0v) is 11.0. The molecule has 0 aliphatic heterocycles. The Bertz CT molecular complexity index is 559. The van der Waals surface area contributed by atoms with Gasteiger partial charge in [0.05, 0.1) is 7.11 Å². The SMILES string of the molecule is CNCC1CCc2[nH]c3ccc(OC)cc3c2C1. The lowest BCUT2D eigenvalue weighted by Crippen LogP contribution is -2.24. The molecule has 0 bridgehead atoms. The number of ether oxygens (including phenoxy) is 1. The van der Waals surface area contributed by atoms with E-state index in [1.807, 2.05) is 13.1 Å². The van der Waals surface area contributed by atoms with E-state index in [9.17, 15) is 0 Å². The molecule has 0 spiro atoms. The van der Waals surface area contributed by atoms with Crippen LogP contribution in [0.3, 0.4) is 0 Å². The van der Waals surface area contributed by atoms with Crippen molar-refractivity contribution in [3.63, 3.8) is 0 Å². The molecule has 1 aromatic heterocycles. The molecule has 1 aliphatic carbocycles. The summed E-state index contributed by atoms with van der Waals surface area (Å²) in [5.41, 5.74) is 4.16. The number of H-pyrrole nitrogens is 1. The summed E-state index contributed by atoms with van der Waals surface area (Å²) in [5.74, 6) is 1.70. The predicted octanol–water partition coefficient (Wildman–Crippen LogP) is 2.50. The van der Waals surface area contributed by atoms with Crippen LogP contribution in [0.1, 0.15) is 17.7 Å². The van der Waals surface area contributed by atoms with Crippen molar-refractivity contribution >= 4 is 10.9 Å². The van der Waals surface area contributed by atoms with Gasteiger partial charge in [0, 0.05) is 16.6 Å². The lowest BCUT2D eigenvalue weighted by Gasteiger charge is -2.22. The van der Waals surface area contributed by atoms with Gasteiger partial charge in [-0.15, -0.1) is 0 Å². The van der Waals surface area contributed by atoms with Crippen LogP contribution in [0.5, 0.6) is 5.75 Å². The lowest BCUT2D eigenvalue weighted by atomic mass is 9.86.